The molecule has 0 amide bonds. The predicted molar refractivity (Wildman–Crippen MR) is 81.0 cm³/mol. The van der Waals surface area contributed by atoms with E-state index in [1.54, 1.807) is 12.3 Å². The van der Waals surface area contributed by atoms with Gasteiger partial charge >= 0.3 is 0 Å². The Balaban J connectivity index is 2.43. The molecule has 1 aromatic heterocycles. The van der Waals surface area contributed by atoms with Gasteiger partial charge in [0.1, 0.15) is 0 Å². The molecule has 1 unspecified atom stereocenters. The van der Waals surface area contributed by atoms with Gasteiger partial charge in [0, 0.05) is 6.20 Å². The third kappa shape index (κ3) is 3.27. The van der Waals surface area contributed by atoms with Crippen LogP contribution in [0.1, 0.15) is 29.8 Å². The van der Waals surface area contributed by atoms with Gasteiger partial charge in [-0.15, -0.1) is 0 Å². The molecule has 4 heteroatoms. The molecule has 0 aliphatic carbocycles. The van der Waals surface area contributed by atoms with Crippen molar-refractivity contribution in [2.24, 2.45) is 0 Å². The SMILES string of the molecule is CCc1cccc(C(NC)c2ncc(Cl)cc2Cl)c1. The average Bonchev–Trinajstić information content (AvgIpc) is 2.42. The van der Waals surface area contributed by atoms with Gasteiger partial charge in [-0.3, -0.25) is 4.98 Å². The zero-order valence-electron chi connectivity index (χ0n) is 11.0. The lowest BCUT2D eigenvalue weighted by Gasteiger charge is -2.18. The van der Waals surface area contributed by atoms with Crippen molar-refractivity contribution in [3.05, 3.63) is 63.4 Å². The standard InChI is InChI=1S/C15H16Cl2N2/c1-3-10-5-4-6-11(7-10)14(18-2)15-13(17)8-12(16)9-19-15/h4-9,14,18H,3H2,1-2H3. The van der Waals surface area contributed by atoms with Crippen LogP contribution in [0.5, 0.6) is 0 Å². The van der Waals surface area contributed by atoms with Gasteiger partial charge in [0.25, 0.3) is 0 Å². The van der Waals surface area contributed by atoms with Crippen molar-refractivity contribution in [3.8, 4) is 0 Å². The monoisotopic (exact) mass is 294 g/mol. The molecule has 2 nitrogen and oxygen atoms in total. The molecule has 1 atom stereocenters. The molecular formula is C15H16Cl2N2. The third-order valence-corrected chi connectivity index (χ3v) is 3.60. The lowest BCUT2D eigenvalue weighted by molar-refractivity contribution is 0.670. The molecule has 1 aromatic carbocycles. The van der Waals surface area contributed by atoms with Gasteiger partial charge in [-0.05, 0) is 30.7 Å². The molecular weight excluding hydrogens is 279 g/mol. The topological polar surface area (TPSA) is 24.9 Å². The summed E-state index contributed by atoms with van der Waals surface area (Å²) in [6.07, 6.45) is 2.63. The molecule has 0 spiro atoms. The first-order valence-corrected chi connectivity index (χ1v) is 6.98. The van der Waals surface area contributed by atoms with E-state index in [-0.39, 0.29) is 6.04 Å². The lowest BCUT2D eigenvalue weighted by Crippen LogP contribution is -2.19. The Morgan fingerprint density at radius 1 is 1.26 bits per heavy atom. The molecule has 19 heavy (non-hydrogen) atoms. The van der Waals surface area contributed by atoms with Crippen LogP contribution in [-0.2, 0) is 6.42 Å². The minimum atomic E-state index is -0.0312. The first-order valence-electron chi connectivity index (χ1n) is 6.22. The Morgan fingerprint density at radius 3 is 2.68 bits per heavy atom. The summed E-state index contributed by atoms with van der Waals surface area (Å²) in [5.74, 6) is 0. The van der Waals surface area contributed by atoms with Crippen molar-refractivity contribution >= 4 is 23.2 Å². The van der Waals surface area contributed by atoms with Crippen LogP contribution < -0.4 is 5.32 Å². The largest absolute Gasteiger partial charge is 0.308 e. The first kappa shape index (κ1) is 14.3. The van der Waals surface area contributed by atoms with E-state index in [1.807, 2.05) is 7.05 Å². The minimum absolute atomic E-state index is 0.0312. The number of nitrogens with one attached hydrogen (secondary N) is 1. The lowest BCUT2D eigenvalue weighted by atomic mass is 10.00. The summed E-state index contributed by atoms with van der Waals surface area (Å²) in [7, 11) is 1.90. The Kier molecular flexibility index (Phi) is 4.81. The molecule has 0 saturated carbocycles. The summed E-state index contributed by atoms with van der Waals surface area (Å²) in [5, 5.41) is 4.38. The number of pyridine rings is 1. The number of aryl methyl sites for hydroxylation is 1. The van der Waals surface area contributed by atoms with Crippen molar-refractivity contribution in [3.63, 3.8) is 0 Å². The van der Waals surface area contributed by atoms with Crippen LogP contribution in [0, 0.1) is 0 Å². The van der Waals surface area contributed by atoms with Gasteiger partial charge in [0.15, 0.2) is 0 Å². The highest BCUT2D eigenvalue weighted by molar-refractivity contribution is 6.34. The van der Waals surface area contributed by atoms with Crippen LogP contribution in [0.15, 0.2) is 36.5 Å². The summed E-state index contributed by atoms with van der Waals surface area (Å²) in [5.41, 5.74) is 3.24. The van der Waals surface area contributed by atoms with Crippen molar-refractivity contribution < 1.29 is 0 Å². The highest BCUT2D eigenvalue weighted by Crippen LogP contribution is 2.28. The molecule has 0 bridgehead atoms. The highest BCUT2D eigenvalue weighted by Gasteiger charge is 2.17. The van der Waals surface area contributed by atoms with Crippen LogP contribution in [-0.4, -0.2) is 12.0 Å². The van der Waals surface area contributed by atoms with E-state index in [4.69, 9.17) is 23.2 Å². The molecule has 1 N–H and O–H groups in total. The summed E-state index contributed by atoms with van der Waals surface area (Å²) in [6, 6.07) is 10.1. The van der Waals surface area contributed by atoms with E-state index in [9.17, 15) is 0 Å². The Hall–Kier alpha value is -1.09. The van der Waals surface area contributed by atoms with E-state index in [2.05, 4.69) is 41.5 Å². The molecule has 2 rings (SSSR count). The van der Waals surface area contributed by atoms with Crippen molar-refractivity contribution in [2.45, 2.75) is 19.4 Å². The van der Waals surface area contributed by atoms with Gasteiger partial charge in [-0.2, -0.15) is 0 Å². The number of halogens is 2. The van der Waals surface area contributed by atoms with Crippen molar-refractivity contribution in [1.82, 2.24) is 10.3 Å². The highest BCUT2D eigenvalue weighted by atomic mass is 35.5. The normalized spacial score (nSPS) is 12.4. The third-order valence-electron chi connectivity index (χ3n) is 3.09. The number of hydrogen-bond acceptors (Lipinski definition) is 2. The average molecular weight is 295 g/mol. The quantitative estimate of drug-likeness (QED) is 0.911. The van der Waals surface area contributed by atoms with Gasteiger partial charge in [0.2, 0.25) is 0 Å². The maximum Gasteiger partial charge on any atom is 0.0805 e. The second kappa shape index (κ2) is 6.38. The summed E-state index contributed by atoms with van der Waals surface area (Å²) in [4.78, 5) is 4.35. The Morgan fingerprint density at radius 2 is 2.05 bits per heavy atom. The van der Waals surface area contributed by atoms with E-state index in [0.717, 1.165) is 17.7 Å². The van der Waals surface area contributed by atoms with Crippen molar-refractivity contribution in [2.75, 3.05) is 7.05 Å². The van der Waals surface area contributed by atoms with Gasteiger partial charge in [-0.25, -0.2) is 0 Å². The minimum Gasteiger partial charge on any atom is -0.308 e. The molecule has 0 aliphatic heterocycles. The molecule has 0 aliphatic rings. The number of nitrogens with zero attached hydrogens (tertiary/aromatic N) is 1. The second-order valence-corrected chi connectivity index (χ2v) is 5.18. The van der Waals surface area contributed by atoms with E-state index in [1.165, 1.54) is 5.56 Å². The maximum atomic E-state index is 6.24. The molecule has 100 valence electrons. The van der Waals surface area contributed by atoms with Crippen LogP contribution in [0.25, 0.3) is 0 Å². The van der Waals surface area contributed by atoms with Gasteiger partial charge < -0.3 is 5.32 Å². The zero-order chi connectivity index (χ0) is 13.8. The molecule has 0 fully saturated rings. The van der Waals surface area contributed by atoms with Crippen LogP contribution in [0.2, 0.25) is 10.0 Å². The first-order chi connectivity index (χ1) is 9.15. The van der Waals surface area contributed by atoms with Crippen LogP contribution >= 0.6 is 23.2 Å². The second-order valence-electron chi connectivity index (χ2n) is 4.34. The summed E-state index contributed by atoms with van der Waals surface area (Å²) >= 11 is 12.1. The number of benzene rings is 1. The number of hydrogen-bond donors (Lipinski definition) is 1. The molecule has 2 aromatic rings. The molecule has 0 saturated heterocycles. The predicted octanol–water partition coefficient (Wildman–Crippen LogP) is 4.26. The maximum absolute atomic E-state index is 6.24. The van der Waals surface area contributed by atoms with Crippen LogP contribution in [0.4, 0.5) is 0 Å². The number of rotatable bonds is 4. The van der Waals surface area contributed by atoms with E-state index in [0.29, 0.717) is 10.0 Å². The Labute approximate surface area is 123 Å². The van der Waals surface area contributed by atoms with Crippen LogP contribution in [0.3, 0.4) is 0 Å². The molecule has 1 heterocycles. The van der Waals surface area contributed by atoms with Gasteiger partial charge in [-0.1, -0.05) is 54.4 Å². The zero-order valence-corrected chi connectivity index (χ0v) is 12.5. The van der Waals surface area contributed by atoms with Crippen molar-refractivity contribution in [1.29, 1.82) is 0 Å². The van der Waals surface area contributed by atoms with E-state index < -0.39 is 0 Å². The van der Waals surface area contributed by atoms with E-state index >= 15 is 0 Å². The fourth-order valence-corrected chi connectivity index (χ4v) is 2.58. The fourth-order valence-electron chi connectivity index (χ4n) is 2.09. The fraction of sp³-hybridized carbons (Fsp3) is 0.267. The smallest absolute Gasteiger partial charge is 0.0805 e. The summed E-state index contributed by atoms with van der Waals surface area (Å²) < 4.78 is 0. The van der Waals surface area contributed by atoms with Gasteiger partial charge in [0.05, 0.1) is 21.8 Å². The Bertz CT molecular complexity index is 570. The molecule has 0 radical (unpaired) electrons. The number of aromatic nitrogens is 1. The summed E-state index contributed by atoms with van der Waals surface area (Å²) in [6.45, 7) is 2.14.